The average Bonchev–Trinajstić information content (AvgIpc) is 2.56. The molecule has 0 saturated carbocycles. The van der Waals surface area contributed by atoms with E-state index in [9.17, 15) is 4.79 Å². The molecule has 0 radical (unpaired) electrons. The highest BCUT2D eigenvalue weighted by Gasteiger charge is 2.25. The molecule has 1 aliphatic heterocycles. The molecule has 1 N–H and O–H groups in total. The lowest BCUT2D eigenvalue weighted by Gasteiger charge is -2.18. The predicted octanol–water partition coefficient (Wildman–Crippen LogP) is 2.12. The molecule has 0 fully saturated rings. The van der Waals surface area contributed by atoms with Crippen LogP contribution < -0.4 is 10.2 Å². The molecule has 5 nitrogen and oxygen atoms in total. The number of pyridine rings is 2. The second-order valence-corrected chi connectivity index (χ2v) is 3.68. The molecular formula is C13H12N4O. The molecule has 0 spiro atoms. The smallest absolute Gasteiger partial charge is 0.259 e. The fraction of sp³-hybridized carbons (Fsp3) is 0.154. The van der Waals surface area contributed by atoms with Crippen molar-refractivity contribution in [1.82, 2.24) is 9.97 Å². The van der Waals surface area contributed by atoms with Gasteiger partial charge in [0.15, 0.2) is 7.23 Å². The zero-order valence-corrected chi connectivity index (χ0v) is 9.35. The SMILES string of the molecule is [2H]c1cc([2H])c2c(n1)N(C)c1nc([2H])cc(C([2H])([2H])[2H])c1N([2H])C2=O. The first-order chi connectivity index (χ1) is 11.5. The van der Waals surface area contributed by atoms with Gasteiger partial charge in [-0.2, -0.15) is 0 Å². The Morgan fingerprint density at radius 2 is 2.28 bits per heavy atom. The van der Waals surface area contributed by atoms with Crippen molar-refractivity contribution in [3.8, 4) is 0 Å². The Balaban J connectivity index is 2.41. The number of hydrogen-bond donors (Lipinski definition) is 1. The van der Waals surface area contributed by atoms with Crippen molar-refractivity contribution in [3.63, 3.8) is 0 Å². The van der Waals surface area contributed by atoms with Gasteiger partial charge in [-0.05, 0) is 30.6 Å². The first-order valence-corrected chi connectivity index (χ1v) is 5.09. The zero-order valence-electron chi connectivity index (χ0n) is 16.4. The molecular weight excluding hydrogens is 228 g/mol. The van der Waals surface area contributed by atoms with E-state index >= 15 is 0 Å². The summed E-state index contributed by atoms with van der Waals surface area (Å²) in [5.41, 5.74) is -0.912. The van der Waals surface area contributed by atoms with Crippen molar-refractivity contribution in [2.24, 2.45) is 0 Å². The maximum atomic E-state index is 12.7. The molecule has 1 amide bonds. The molecule has 2 aromatic rings. The number of rotatable bonds is 0. The van der Waals surface area contributed by atoms with Gasteiger partial charge in [0.25, 0.3) is 5.91 Å². The highest BCUT2D eigenvalue weighted by Crippen LogP contribution is 2.35. The van der Waals surface area contributed by atoms with Crippen LogP contribution in [0.25, 0.3) is 0 Å². The largest absolute Gasteiger partial charge is 0.318 e. The number of nitrogens with zero attached hydrogens (tertiary/aromatic N) is 3. The fourth-order valence-corrected chi connectivity index (χ4v) is 1.72. The molecule has 18 heavy (non-hydrogen) atoms. The van der Waals surface area contributed by atoms with Gasteiger partial charge in [0.2, 0.25) is 0 Å². The van der Waals surface area contributed by atoms with E-state index in [2.05, 4.69) is 9.97 Å². The van der Waals surface area contributed by atoms with Crippen LogP contribution in [0.5, 0.6) is 0 Å². The first-order valence-electron chi connectivity index (χ1n) is 8.54. The van der Waals surface area contributed by atoms with Crippen LogP contribution in [0.3, 0.4) is 0 Å². The minimum absolute atomic E-state index is 0.0897. The van der Waals surface area contributed by atoms with Gasteiger partial charge in [0, 0.05) is 23.5 Å². The van der Waals surface area contributed by atoms with Gasteiger partial charge in [-0.25, -0.2) is 9.97 Å². The van der Waals surface area contributed by atoms with E-state index in [-0.39, 0.29) is 46.8 Å². The van der Waals surface area contributed by atoms with Crippen LogP contribution in [0.15, 0.2) is 30.5 Å². The summed E-state index contributed by atoms with van der Waals surface area (Å²) in [6, 6.07) is 1.73. The highest BCUT2D eigenvalue weighted by atomic mass is 16.1. The standard InChI is InChI=1S/C13H12N4O/c1-8-5-7-15-12-10(8)16-13(18)9-4-3-6-14-11(9)17(12)2/h3-7H,1-2H3,(H,16,18)/i1D3,4D,6D,7D/hD. The molecule has 2 aromatic heterocycles. The van der Waals surface area contributed by atoms with E-state index in [1.54, 1.807) is 0 Å². The summed E-state index contributed by atoms with van der Waals surface area (Å²) in [4.78, 5) is 21.8. The third kappa shape index (κ3) is 1.44. The van der Waals surface area contributed by atoms with Crippen LogP contribution in [-0.2, 0) is 0 Å². The quantitative estimate of drug-likeness (QED) is 0.774. The third-order valence-electron chi connectivity index (χ3n) is 2.58. The third-order valence-corrected chi connectivity index (χ3v) is 2.58. The zero-order chi connectivity index (χ0) is 18.7. The molecule has 1 aliphatic rings. The van der Waals surface area contributed by atoms with Crippen LogP contribution in [0, 0.1) is 6.85 Å². The minimum atomic E-state index is -2.68. The summed E-state index contributed by atoms with van der Waals surface area (Å²) in [5.74, 6) is -1.17. The monoisotopic (exact) mass is 247 g/mol. The van der Waals surface area contributed by atoms with E-state index in [0.29, 0.717) is 5.31 Å². The molecule has 3 rings (SSSR count). The lowest BCUT2D eigenvalue weighted by molar-refractivity contribution is 0.102. The molecule has 0 atom stereocenters. The summed E-state index contributed by atoms with van der Waals surface area (Å²) >= 11 is 0. The van der Waals surface area contributed by atoms with E-state index < -0.39 is 12.8 Å². The van der Waals surface area contributed by atoms with Gasteiger partial charge < -0.3 is 10.2 Å². The normalized spacial score (nSPS) is 20.3. The van der Waals surface area contributed by atoms with Crippen molar-refractivity contribution in [3.05, 3.63) is 41.6 Å². The summed E-state index contributed by atoms with van der Waals surface area (Å²) in [6.07, 6.45) is -0.615. The summed E-state index contributed by atoms with van der Waals surface area (Å²) in [7, 11) is 1.42. The van der Waals surface area contributed by atoms with Crippen LogP contribution in [0.1, 0.15) is 24.1 Å². The molecule has 0 saturated heterocycles. The molecule has 0 aliphatic carbocycles. The first kappa shape index (κ1) is 5.48. The van der Waals surface area contributed by atoms with Crippen LogP contribution in [0.2, 0.25) is 1.41 Å². The van der Waals surface area contributed by atoms with Gasteiger partial charge in [-0.1, -0.05) is 0 Å². The van der Waals surface area contributed by atoms with Crippen LogP contribution in [0.4, 0.5) is 17.3 Å². The van der Waals surface area contributed by atoms with Crippen LogP contribution in [-0.4, -0.2) is 22.9 Å². The van der Waals surface area contributed by atoms with Crippen molar-refractivity contribution in [1.29, 1.82) is 0 Å². The van der Waals surface area contributed by atoms with Crippen LogP contribution >= 0.6 is 0 Å². The lowest BCUT2D eigenvalue weighted by Crippen LogP contribution is -2.14. The Hall–Kier alpha value is -2.43. The average molecular weight is 247 g/mol. The second-order valence-electron chi connectivity index (χ2n) is 3.68. The van der Waals surface area contributed by atoms with Gasteiger partial charge >= 0.3 is 0 Å². The lowest BCUT2D eigenvalue weighted by atomic mass is 10.2. The summed E-state index contributed by atoms with van der Waals surface area (Å²) < 4.78 is 54.4. The Kier molecular flexibility index (Phi) is 1.16. The van der Waals surface area contributed by atoms with E-state index in [1.807, 2.05) is 0 Å². The van der Waals surface area contributed by atoms with Gasteiger partial charge in [0.1, 0.15) is 5.82 Å². The Labute approximate surface area is 114 Å². The van der Waals surface area contributed by atoms with Gasteiger partial charge in [-0.3, -0.25) is 4.79 Å². The predicted molar refractivity (Wildman–Crippen MR) is 69.2 cm³/mol. The molecule has 3 heterocycles. The van der Waals surface area contributed by atoms with Gasteiger partial charge in [-0.15, -0.1) is 0 Å². The molecule has 0 bridgehead atoms. The maximum absolute atomic E-state index is 12.7. The Morgan fingerprint density at radius 3 is 3.11 bits per heavy atom. The molecule has 0 unspecified atom stereocenters. The maximum Gasteiger partial charge on any atom is 0.259 e. The number of hydrogen-bond acceptors (Lipinski definition) is 4. The number of aromatic nitrogens is 2. The van der Waals surface area contributed by atoms with Crippen molar-refractivity contribution in [2.45, 2.75) is 6.85 Å². The van der Waals surface area contributed by atoms with Crippen molar-refractivity contribution in [2.75, 3.05) is 17.3 Å². The Morgan fingerprint density at radius 1 is 1.44 bits per heavy atom. The van der Waals surface area contributed by atoms with Gasteiger partial charge in [0.05, 0.1) is 15.4 Å². The minimum Gasteiger partial charge on any atom is -0.318 e. The second kappa shape index (κ2) is 3.80. The van der Waals surface area contributed by atoms with E-state index in [1.165, 1.54) is 11.9 Å². The number of anilines is 3. The number of amides is 1. The highest BCUT2D eigenvalue weighted by molar-refractivity contribution is 6.11. The number of fused-ring (bicyclic) bond motifs is 2. The van der Waals surface area contributed by atoms with E-state index in [4.69, 9.17) is 9.64 Å². The number of carbonyl (C=O) groups excluding carboxylic acids is 1. The topological polar surface area (TPSA) is 58.1 Å². The fourth-order valence-electron chi connectivity index (χ4n) is 1.72. The number of nitrogens with one attached hydrogen (secondary N) is 1. The summed E-state index contributed by atoms with van der Waals surface area (Å²) in [5, 5.41) is 0.356. The molecule has 0 aromatic carbocycles. The number of aryl methyl sites for hydroxylation is 1. The number of carbonyl (C=O) groups is 1. The molecule has 5 heteroatoms. The Bertz CT molecular complexity index is 899. The molecule has 90 valence electrons. The summed E-state index contributed by atoms with van der Waals surface area (Å²) in [6.45, 7) is -2.68. The van der Waals surface area contributed by atoms with Crippen molar-refractivity contribution < 1.29 is 14.4 Å². The van der Waals surface area contributed by atoms with Crippen molar-refractivity contribution >= 4 is 23.2 Å². The van der Waals surface area contributed by atoms with E-state index in [0.717, 1.165) is 12.1 Å².